The van der Waals surface area contributed by atoms with E-state index in [9.17, 15) is 9.18 Å². The van der Waals surface area contributed by atoms with Gasteiger partial charge in [0.25, 0.3) is 5.91 Å². The first-order chi connectivity index (χ1) is 13.4. The van der Waals surface area contributed by atoms with Crippen molar-refractivity contribution >= 4 is 45.6 Å². The van der Waals surface area contributed by atoms with Gasteiger partial charge < -0.3 is 9.47 Å². The summed E-state index contributed by atoms with van der Waals surface area (Å²) in [4.78, 5) is 16.7. The summed E-state index contributed by atoms with van der Waals surface area (Å²) in [6.45, 7) is 1.59. The molecule has 1 N–H and O–H groups in total. The fourth-order valence-electron chi connectivity index (χ4n) is 2.31. The minimum Gasteiger partial charge on any atom is -0.494 e. The highest BCUT2D eigenvalue weighted by atomic mass is 35.5. The maximum absolute atomic E-state index is 13.9. The summed E-state index contributed by atoms with van der Waals surface area (Å²) in [5.41, 5.74) is 1.11. The molecule has 0 saturated carbocycles. The largest absolute Gasteiger partial charge is 0.494 e. The van der Waals surface area contributed by atoms with Crippen molar-refractivity contribution in [2.24, 2.45) is 0 Å². The van der Waals surface area contributed by atoms with Crippen LogP contribution in [0.15, 0.2) is 41.8 Å². The van der Waals surface area contributed by atoms with Gasteiger partial charge in [-0.3, -0.25) is 10.1 Å². The highest BCUT2D eigenvalue weighted by Crippen LogP contribution is 2.30. The van der Waals surface area contributed by atoms with Gasteiger partial charge in [-0.05, 0) is 43.3 Å². The first-order valence-electron chi connectivity index (χ1n) is 8.09. The molecule has 1 unspecified atom stereocenters. The first-order valence-corrected chi connectivity index (χ1v) is 9.73. The molecule has 0 aliphatic heterocycles. The van der Waals surface area contributed by atoms with E-state index in [1.54, 1.807) is 30.5 Å². The van der Waals surface area contributed by atoms with Crippen LogP contribution in [0.3, 0.4) is 0 Å². The van der Waals surface area contributed by atoms with Gasteiger partial charge in [0.15, 0.2) is 22.8 Å². The quantitative estimate of drug-likeness (QED) is 0.536. The van der Waals surface area contributed by atoms with Crippen LogP contribution in [-0.2, 0) is 4.79 Å². The molecule has 5 nitrogen and oxygen atoms in total. The highest BCUT2D eigenvalue weighted by Gasteiger charge is 2.18. The van der Waals surface area contributed by atoms with E-state index in [0.29, 0.717) is 32.2 Å². The van der Waals surface area contributed by atoms with Crippen molar-refractivity contribution in [2.45, 2.75) is 13.0 Å². The Morgan fingerprint density at radius 3 is 2.64 bits per heavy atom. The molecule has 0 radical (unpaired) electrons. The molecule has 3 aromatic rings. The molecular weight excluding hydrogens is 426 g/mol. The zero-order valence-corrected chi connectivity index (χ0v) is 17.2. The minimum atomic E-state index is -0.815. The second kappa shape index (κ2) is 8.77. The molecule has 0 fully saturated rings. The van der Waals surface area contributed by atoms with Gasteiger partial charge in [-0.2, -0.15) is 0 Å². The van der Waals surface area contributed by atoms with Gasteiger partial charge in [-0.1, -0.05) is 23.2 Å². The van der Waals surface area contributed by atoms with Crippen LogP contribution in [0.1, 0.15) is 6.92 Å². The number of hydrogen-bond donors (Lipinski definition) is 1. The first kappa shape index (κ1) is 20.4. The average molecular weight is 441 g/mol. The van der Waals surface area contributed by atoms with Crippen molar-refractivity contribution in [3.63, 3.8) is 0 Å². The highest BCUT2D eigenvalue weighted by molar-refractivity contribution is 7.14. The second-order valence-corrected chi connectivity index (χ2v) is 7.41. The zero-order chi connectivity index (χ0) is 20.3. The molecule has 0 aliphatic carbocycles. The Balaban J connectivity index is 1.67. The van der Waals surface area contributed by atoms with E-state index in [1.165, 1.54) is 36.6 Å². The molecule has 0 bridgehead atoms. The van der Waals surface area contributed by atoms with Gasteiger partial charge in [-0.25, -0.2) is 9.37 Å². The number of ether oxygens (including phenoxy) is 2. The Morgan fingerprint density at radius 2 is 1.96 bits per heavy atom. The monoisotopic (exact) mass is 440 g/mol. The number of halogens is 3. The van der Waals surface area contributed by atoms with E-state index >= 15 is 0 Å². The predicted molar refractivity (Wildman–Crippen MR) is 109 cm³/mol. The summed E-state index contributed by atoms with van der Waals surface area (Å²) >= 11 is 13.1. The lowest BCUT2D eigenvalue weighted by atomic mass is 10.1. The van der Waals surface area contributed by atoms with Crippen LogP contribution < -0.4 is 14.8 Å². The third-order valence-corrected chi connectivity index (χ3v) is 5.04. The molecular formula is C19H15Cl2FN2O3S. The van der Waals surface area contributed by atoms with Crippen molar-refractivity contribution < 1.29 is 18.7 Å². The smallest absolute Gasteiger partial charge is 0.266 e. The molecule has 2 aromatic carbocycles. The lowest BCUT2D eigenvalue weighted by Crippen LogP contribution is -2.30. The Labute approximate surface area is 175 Å². The number of hydrogen-bond acceptors (Lipinski definition) is 5. The number of carbonyl (C=O) groups is 1. The van der Waals surface area contributed by atoms with Gasteiger partial charge in [0, 0.05) is 16.0 Å². The summed E-state index contributed by atoms with van der Waals surface area (Å²) in [7, 11) is 1.40. The molecule has 1 heterocycles. The molecule has 146 valence electrons. The van der Waals surface area contributed by atoms with E-state index < -0.39 is 17.8 Å². The Kier molecular flexibility index (Phi) is 6.39. The van der Waals surface area contributed by atoms with Gasteiger partial charge in [-0.15, -0.1) is 11.3 Å². The van der Waals surface area contributed by atoms with E-state index in [0.717, 1.165) is 0 Å². The molecule has 1 aromatic heterocycles. The Morgan fingerprint density at radius 1 is 1.21 bits per heavy atom. The number of nitrogens with zero attached hydrogens (tertiary/aromatic N) is 1. The number of nitrogens with one attached hydrogen (secondary N) is 1. The lowest BCUT2D eigenvalue weighted by molar-refractivity contribution is -0.122. The number of thiazole rings is 1. The van der Waals surface area contributed by atoms with E-state index in [-0.39, 0.29) is 5.75 Å². The summed E-state index contributed by atoms with van der Waals surface area (Å²) in [6.07, 6.45) is -0.815. The second-order valence-electron chi connectivity index (χ2n) is 5.71. The summed E-state index contributed by atoms with van der Waals surface area (Å²) in [5, 5.41) is 5.55. The minimum absolute atomic E-state index is 0.152. The number of aromatic nitrogens is 1. The maximum atomic E-state index is 13.9. The van der Waals surface area contributed by atoms with Crippen LogP contribution in [-0.4, -0.2) is 24.1 Å². The van der Waals surface area contributed by atoms with Crippen LogP contribution in [0.25, 0.3) is 11.3 Å². The third kappa shape index (κ3) is 4.73. The van der Waals surface area contributed by atoms with Crippen molar-refractivity contribution in [1.29, 1.82) is 0 Å². The molecule has 28 heavy (non-hydrogen) atoms. The molecule has 0 saturated heterocycles. The third-order valence-electron chi connectivity index (χ3n) is 3.75. The number of benzene rings is 2. The molecule has 0 spiro atoms. The normalized spacial score (nSPS) is 11.8. The van der Waals surface area contributed by atoms with Crippen LogP contribution >= 0.6 is 34.5 Å². The molecule has 0 aliphatic rings. The summed E-state index contributed by atoms with van der Waals surface area (Å²) in [5.74, 6) is -0.380. The topological polar surface area (TPSA) is 60.5 Å². The maximum Gasteiger partial charge on any atom is 0.266 e. The van der Waals surface area contributed by atoms with Crippen molar-refractivity contribution in [1.82, 2.24) is 4.98 Å². The van der Waals surface area contributed by atoms with Crippen LogP contribution in [0.2, 0.25) is 10.0 Å². The van der Waals surface area contributed by atoms with Crippen LogP contribution in [0.4, 0.5) is 9.52 Å². The van der Waals surface area contributed by atoms with E-state index in [2.05, 4.69) is 10.3 Å². The van der Waals surface area contributed by atoms with Crippen molar-refractivity contribution in [3.05, 3.63) is 57.6 Å². The van der Waals surface area contributed by atoms with E-state index in [4.69, 9.17) is 32.7 Å². The molecule has 1 atom stereocenters. The van der Waals surface area contributed by atoms with Crippen LogP contribution in [0.5, 0.6) is 11.5 Å². The number of methoxy groups -OCH3 is 1. The summed E-state index contributed by atoms with van der Waals surface area (Å²) in [6, 6.07) is 9.28. The lowest BCUT2D eigenvalue weighted by Gasteiger charge is -2.14. The number of carbonyl (C=O) groups excluding carboxylic acids is 1. The standard InChI is InChI=1S/C19H15Cl2FN2O3S/c1-10(27-16-6-4-12(20)8-13(16)21)18(25)24-19-23-15(9-28-19)11-3-5-17(26-2)14(22)7-11/h3-10H,1-2H3,(H,23,24,25). The van der Waals surface area contributed by atoms with Crippen molar-refractivity contribution in [2.75, 3.05) is 12.4 Å². The van der Waals surface area contributed by atoms with Gasteiger partial charge in [0.05, 0.1) is 17.8 Å². The molecule has 3 rings (SSSR count). The molecule has 9 heteroatoms. The molecule has 1 amide bonds. The van der Waals surface area contributed by atoms with E-state index in [1.807, 2.05) is 0 Å². The summed E-state index contributed by atoms with van der Waals surface area (Å²) < 4.78 is 24.3. The predicted octanol–water partition coefficient (Wildman–Crippen LogP) is 5.67. The number of rotatable bonds is 6. The Hall–Kier alpha value is -2.35. The number of amides is 1. The van der Waals surface area contributed by atoms with Crippen molar-refractivity contribution in [3.8, 4) is 22.8 Å². The number of anilines is 1. The average Bonchev–Trinajstić information content (AvgIpc) is 3.12. The zero-order valence-electron chi connectivity index (χ0n) is 14.8. The van der Waals surface area contributed by atoms with Gasteiger partial charge in [0.2, 0.25) is 0 Å². The fourth-order valence-corrected chi connectivity index (χ4v) is 3.49. The van der Waals surface area contributed by atoms with Gasteiger partial charge >= 0.3 is 0 Å². The fraction of sp³-hybridized carbons (Fsp3) is 0.158. The van der Waals surface area contributed by atoms with Crippen LogP contribution in [0, 0.1) is 5.82 Å². The van der Waals surface area contributed by atoms with Gasteiger partial charge in [0.1, 0.15) is 5.75 Å². The Bertz CT molecular complexity index is 1010. The SMILES string of the molecule is COc1ccc(-c2csc(NC(=O)C(C)Oc3ccc(Cl)cc3Cl)n2)cc1F.